The second-order valence-corrected chi connectivity index (χ2v) is 7.65. The topological polar surface area (TPSA) is 85.8 Å². The van der Waals surface area contributed by atoms with Crippen LogP contribution in [0, 0.1) is 0 Å². The molecule has 0 spiro atoms. The number of thioether (sulfide) groups is 1. The number of anilines is 1. The van der Waals surface area contributed by atoms with Crippen molar-refractivity contribution in [3.8, 4) is 11.3 Å². The van der Waals surface area contributed by atoms with Gasteiger partial charge in [-0.3, -0.25) is 4.79 Å². The average molecular weight is 398 g/mol. The predicted molar refractivity (Wildman–Crippen MR) is 109 cm³/mol. The Labute approximate surface area is 167 Å². The lowest BCUT2D eigenvalue weighted by Gasteiger charge is -2.17. The zero-order valence-corrected chi connectivity index (χ0v) is 16.7. The first-order valence-corrected chi connectivity index (χ1v) is 10.9. The van der Waals surface area contributed by atoms with E-state index in [-0.39, 0.29) is 12.3 Å². The third-order valence-corrected chi connectivity index (χ3v) is 5.28. The van der Waals surface area contributed by atoms with Crippen LogP contribution in [0.5, 0.6) is 0 Å². The molecule has 1 aromatic carbocycles. The standard InChI is InChI=1S/C20H23N5O2S/c1-28-13-15-21-18(27-24-15)11-10-17(26)23-20-19(14-7-3-2-4-8-14)22-16-9-5-6-12-25(16)20/h2-4,7-8H,5-6,9-13H2,1H3,(H,23,26). The molecule has 1 aliphatic rings. The van der Waals surface area contributed by atoms with Gasteiger partial charge in [-0.25, -0.2) is 4.98 Å². The number of aryl methyl sites for hydroxylation is 2. The summed E-state index contributed by atoms with van der Waals surface area (Å²) in [5.74, 6) is 3.63. The van der Waals surface area contributed by atoms with Crippen molar-refractivity contribution < 1.29 is 9.32 Å². The summed E-state index contributed by atoms with van der Waals surface area (Å²) < 4.78 is 7.36. The second-order valence-electron chi connectivity index (χ2n) is 6.79. The summed E-state index contributed by atoms with van der Waals surface area (Å²) in [6, 6.07) is 10.0. The Hall–Kier alpha value is -2.61. The fourth-order valence-electron chi connectivity index (χ4n) is 3.40. The van der Waals surface area contributed by atoms with Crippen molar-refractivity contribution in [2.24, 2.45) is 0 Å². The van der Waals surface area contributed by atoms with Gasteiger partial charge in [-0.2, -0.15) is 16.7 Å². The van der Waals surface area contributed by atoms with Crippen LogP contribution in [-0.2, 0) is 29.9 Å². The number of aromatic nitrogens is 4. The molecule has 1 N–H and O–H groups in total. The molecule has 0 saturated heterocycles. The van der Waals surface area contributed by atoms with Crippen molar-refractivity contribution in [1.82, 2.24) is 19.7 Å². The van der Waals surface area contributed by atoms with Gasteiger partial charge >= 0.3 is 0 Å². The van der Waals surface area contributed by atoms with E-state index in [1.54, 1.807) is 11.8 Å². The van der Waals surface area contributed by atoms with Crippen LogP contribution >= 0.6 is 11.8 Å². The van der Waals surface area contributed by atoms with E-state index >= 15 is 0 Å². The zero-order chi connectivity index (χ0) is 19.3. The van der Waals surface area contributed by atoms with Gasteiger partial charge in [0, 0.05) is 31.4 Å². The molecule has 0 radical (unpaired) electrons. The molecule has 0 unspecified atom stereocenters. The van der Waals surface area contributed by atoms with Crippen LogP contribution in [0.2, 0.25) is 0 Å². The molecule has 3 heterocycles. The molecule has 8 heteroatoms. The largest absolute Gasteiger partial charge is 0.339 e. The number of rotatable bonds is 7. The maximum atomic E-state index is 12.6. The minimum atomic E-state index is -0.0740. The van der Waals surface area contributed by atoms with E-state index in [0.29, 0.717) is 23.9 Å². The number of imidazole rings is 1. The Morgan fingerprint density at radius 3 is 2.93 bits per heavy atom. The quantitative estimate of drug-likeness (QED) is 0.654. The number of carbonyl (C=O) groups is 1. The third-order valence-electron chi connectivity index (χ3n) is 4.73. The van der Waals surface area contributed by atoms with Crippen LogP contribution in [-0.4, -0.2) is 31.9 Å². The fourth-order valence-corrected chi connectivity index (χ4v) is 3.78. The molecule has 28 heavy (non-hydrogen) atoms. The van der Waals surface area contributed by atoms with Crippen LogP contribution in [0.15, 0.2) is 34.9 Å². The summed E-state index contributed by atoms with van der Waals surface area (Å²) in [7, 11) is 0. The van der Waals surface area contributed by atoms with E-state index in [0.717, 1.165) is 48.7 Å². The third kappa shape index (κ3) is 4.11. The van der Waals surface area contributed by atoms with E-state index in [9.17, 15) is 4.79 Å². The summed E-state index contributed by atoms with van der Waals surface area (Å²) in [6.07, 6.45) is 5.87. The summed E-state index contributed by atoms with van der Waals surface area (Å²) in [4.78, 5) is 21.8. The summed E-state index contributed by atoms with van der Waals surface area (Å²) in [5, 5.41) is 7.01. The van der Waals surface area contributed by atoms with Gasteiger partial charge in [0.15, 0.2) is 5.82 Å². The van der Waals surface area contributed by atoms with Crippen molar-refractivity contribution in [1.29, 1.82) is 0 Å². The number of hydrogen-bond donors (Lipinski definition) is 1. The summed E-state index contributed by atoms with van der Waals surface area (Å²) >= 11 is 1.63. The molecule has 7 nitrogen and oxygen atoms in total. The highest BCUT2D eigenvalue weighted by Crippen LogP contribution is 2.31. The van der Waals surface area contributed by atoms with Gasteiger partial charge in [0.05, 0.1) is 5.75 Å². The Morgan fingerprint density at radius 2 is 2.11 bits per heavy atom. The first-order valence-electron chi connectivity index (χ1n) is 9.49. The zero-order valence-electron chi connectivity index (χ0n) is 15.9. The van der Waals surface area contributed by atoms with Crippen molar-refractivity contribution in [2.75, 3.05) is 11.6 Å². The Bertz CT molecular complexity index is 951. The van der Waals surface area contributed by atoms with Gasteiger partial charge in [0.1, 0.15) is 17.3 Å². The average Bonchev–Trinajstić information content (AvgIpc) is 3.32. The number of nitrogens with zero attached hydrogens (tertiary/aromatic N) is 4. The van der Waals surface area contributed by atoms with Crippen LogP contribution in [0.25, 0.3) is 11.3 Å². The highest BCUT2D eigenvalue weighted by Gasteiger charge is 2.22. The van der Waals surface area contributed by atoms with Crippen LogP contribution in [0.3, 0.4) is 0 Å². The van der Waals surface area contributed by atoms with E-state index in [2.05, 4.69) is 20.0 Å². The van der Waals surface area contributed by atoms with Crippen molar-refractivity contribution >= 4 is 23.5 Å². The highest BCUT2D eigenvalue weighted by atomic mass is 32.2. The first-order chi connectivity index (χ1) is 13.7. The van der Waals surface area contributed by atoms with E-state index < -0.39 is 0 Å². The monoisotopic (exact) mass is 397 g/mol. The molecular weight excluding hydrogens is 374 g/mol. The molecule has 1 aliphatic heterocycles. The van der Waals surface area contributed by atoms with Gasteiger partial charge in [0.25, 0.3) is 0 Å². The molecule has 0 saturated carbocycles. The molecular formula is C20H23N5O2S. The Morgan fingerprint density at radius 1 is 1.25 bits per heavy atom. The summed E-state index contributed by atoms with van der Waals surface area (Å²) in [5.41, 5.74) is 1.85. The molecule has 0 atom stereocenters. The van der Waals surface area contributed by atoms with E-state index in [1.165, 1.54) is 0 Å². The number of hydrogen-bond acceptors (Lipinski definition) is 6. The van der Waals surface area contributed by atoms with Crippen molar-refractivity contribution in [3.05, 3.63) is 47.9 Å². The molecule has 4 rings (SSSR count). The van der Waals surface area contributed by atoms with Gasteiger partial charge in [-0.15, -0.1) is 0 Å². The lowest BCUT2D eigenvalue weighted by atomic mass is 10.1. The Kier molecular flexibility index (Phi) is 5.76. The molecule has 146 valence electrons. The van der Waals surface area contributed by atoms with Crippen LogP contribution < -0.4 is 5.32 Å². The molecule has 1 amide bonds. The molecule has 0 bridgehead atoms. The van der Waals surface area contributed by atoms with Gasteiger partial charge < -0.3 is 14.4 Å². The fraction of sp³-hybridized carbons (Fsp3) is 0.400. The lowest BCUT2D eigenvalue weighted by Crippen LogP contribution is -2.18. The molecule has 3 aromatic rings. The molecule has 2 aromatic heterocycles. The van der Waals surface area contributed by atoms with Crippen molar-refractivity contribution in [2.45, 2.75) is 44.4 Å². The number of amides is 1. The molecule has 0 fully saturated rings. The second kappa shape index (κ2) is 8.60. The Balaban J connectivity index is 1.50. The van der Waals surface area contributed by atoms with E-state index in [1.807, 2.05) is 36.6 Å². The predicted octanol–water partition coefficient (Wildman–Crippen LogP) is 3.70. The maximum absolute atomic E-state index is 12.6. The lowest BCUT2D eigenvalue weighted by molar-refractivity contribution is -0.116. The van der Waals surface area contributed by atoms with Gasteiger partial charge in [-0.1, -0.05) is 35.5 Å². The number of carbonyl (C=O) groups excluding carboxylic acids is 1. The van der Waals surface area contributed by atoms with Crippen LogP contribution in [0.4, 0.5) is 5.82 Å². The van der Waals surface area contributed by atoms with Gasteiger partial charge in [-0.05, 0) is 19.1 Å². The first kappa shape index (κ1) is 18.7. The normalized spacial score (nSPS) is 13.3. The molecule has 0 aliphatic carbocycles. The summed E-state index contributed by atoms with van der Waals surface area (Å²) in [6.45, 7) is 0.881. The number of fused-ring (bicyclic) bond motifs is 1. The maximum Gasteiger partial charge on any atom is 0.227 e. The van der Waals surface area contributed by atoms with Gasteiger partial charge in [0.2, 0.25) is 11.8 Å². The smallest absolute Gasteiger partial charge is 0.227 e. The SMILES string of the molecule is CSCc1noc(CCC(=O)Nc2c(-c3ccccc3)nc3n2CCCC3)n1. The number of nitrogens with one attached hydrogen (secondary N) is 1. The highest BCUT2D eigenvalue weighted by molar-refractivity contribution is 7.97. The minimum Gasteiger partial charge on any atom is -0.339 e. The number of benzene rings is 1. The minimum absolute atomic E-state index is 0.0740. The van der Waals surface area contributed by atoms with Crippen LogP contribution in [0.1, 0.15) is 36.8 Å². The van der Waals surface area contributed by atoms with Crippen molar-refractivity contribution in [3.63, 3.8) is 0 Å². The van der Waals surface area contributed by atoms with E-state index in [4.69, 9.17) is 9.51 Å².